The lowest BCUT2D eigenvalue weighted by atomic mass is 9.72. The van der Waals surface area contributed by atoms with Crippen molar-refractivity contribution in [2.24, 2.45) is 0 Å². The summed E-state index contributed by atoms with van der Waals surface area (Å²) >= 11 is 0. The van der Waals surface area contributed by atoms with Gasteiger partial charge < -0.3 is 10.2 Å². The summed E-state index contributed by atoms with van der Waals surface area (Å²) in [6.07, 6.45) is -12.1. The van der Waals surface area contributed by atoms with Gasteiger partial charge in [0.2, 0.25) is 5.41 Å². The molecular formula is C35H24F6N2O6. The highest BCUT2D eigenvalue weighted by Gasteiger charge is 2.72. The molecule has 2 aliphatic rings. The predicted octanol–water partition coefficient (Wildman–Crippen LogP) is 7.13. The third-order valence-electron chi connectivity index (χ3n) is 9.09. The summed E-state index contributed by atoms with van der Waals surface area (Å²) in [5.74, 6) is -4.79. The molecule has 4 aromatic rings. The molecule has 4 aromatic carbocycles. The van der Waals surface area contributed by atoms with Gasteiger partial charge in [-0.3, -0.25) is 24.1 Å². The number of fused-ring (bicyclic) bond motifs is 2. The number of hydrogen-bond donors (Lipinski definition) is 2. The molecule has 0 spiro atoms. The third kappa shape index (κ3) is 4.60. The zero-order valence-electron chi connectivity index (χ0n) is 26.0. The van der Waals surface area contributed by atoms with Crippen molar-refractivity contribution < 1.29 is 55.7 Å². The Balaban J connectivity index is 1.51. The van der Waals surface area contributed by atoms with Crippen LogP contribution in [-0.4, -0.2) is 58.1 Å². The first kappa shape index (κ1) is 33.2. The van der Waals surface area contributed by atoms with Gasteiger partial charge >= 0.3 is 12.4 Å². The van der Waals surface area contributed by atoms with Gasteiger partial charge in [-0.1, -0.05) is 18.2 Å². The number of halogens is 6. The number of alkyl halides is 6. The minimum atomic E-state index is -6.04. The van der Waals surface area contributed by atoms with Gasteiger partial charge in [0.1, 0.15) is 11.5 Å². The number of rotatable bonds is 4. The van der Waals surface area contributed by atoms with Crippen LogP contribution in [0.25, 0.3) is 11.1 Å². The summed E-state index contributed by atoms with van der Waals surface area (Å²) in [6, 6.07) is 8.55. The summed E-state index contributed by atoms with van der Waals surface area (Å²) in [5.41, 5.74) is -7.09. The van der Waals surface area contributed by atoms with E-state index in [9.17, 15) is 55.7 Å². The quantitative estimate of drug-likeness (QED) is 0.175. The molecule has 4 amide bonds. The summed E-state index contributed by atoms with van der Waals surface area (Å²) in [7, 11) is 1.32. The summed E-state index contributed by atoms with van der Waals surface area (Å²) in [6.45, 7) is 4.36. The number of benzene rings is 4. The van der Waals surface area contributed by atoms with Crippen molar-refractivity contribution in [3.63, 3.8) is 0 Å². The number of aryl methyl sites for hydroxylation is 3. The fourth-order valence-corrected chi connectivity index (χ4v) is 6.52. The number of imide groups is 2. The lowest BCUT2D eigenvalue weighted by Gasteiger charge is -2.39. The molecule has 0 bridgehead atoms. The number of phenols is 2. The van der Waals surface area contributed by atoms with E-state index in [1.165, 1.54) is 31.3 Å². The van der Waals surface area contributed by atoms with Gasteiger partial charge in [0.25, 0.3) is 23.6 Å². The molecule has 0 aromatic heterocycles. The Labute approximate surface area is 273 Å². The van der Waals surface area contributed by atoms with Crippen molar-refractivity contribution in [3.05, 3.63) is 111 Å². The topological polar surface area (TPSA) is 115 Å². The van der Waals surface area contributed by atoms with Crippen LogP contribution < -0.4 is 4.90 Å². The van der Waals surface area contributed by atoms with E-state index in [2.05, 4.69) is 0 Å². The second-order valence-electron chi connectivity index (χ2n) is 12.0. The average Bonchev–Trinajstić information content (AvgIpc) is 3.36. The van der Waals surface area contributed by atoms with Crippen molar-refractivity contribution in [1.82, 2.24) is 4.90 Å². The third-order valence-corrected chi connectivity index (χ3v) is 9.09. The monoisotopic (exact) mass is 682 g/mol. The zero-order chi connectivity index (χ0) is 36.1. The number of phenolic OH excluding ortho intramolecular Hbond substituents is 2. The van der Waals surface area contributed by atoms with Crippen LogP contribution in [0.15, 0.2) is 60.7 Å². The normalized spacial score (nSPS) is 15.0. The van der Waals surface area contributed by atoms with Gasteiger partial charge in [-0.2, -0.15) is 26.3 Å². The maximum absolute atomic E-state index is 14.9. The highest BCUT2D eigenvalue weighted by Crippen LogP contribution is 2.57. The molecule has 49 heavy (non-hydrogen) atoms. The standard InChI is InChI=1S/C35H24F6N2O6/c1-15-10-22-24(30(47)42(4)29(22)46)13-20(15)21-14-25-23(11-16(21)2)31(48)43(32(25)49)26-12-19(6-8-28(26)45)33(34(36,37)38,35(39,40)41)18-5-7-27(44)17(3)9-18/h5-14,44-45H,1-4H3. The second-order valence-corrected chi connectivity index (χ2v) is 12.0. The number of hydrogen-bond acceptors (Lipinski definition) is 6. The summed E-state index contributed by atoms with van der Waals surface area (Å²) < 4.78 is 89.1. The number of amides is 4. The minimum absolute atomic E-state index is 0.111. The fourth-order valence-electron chi connectivity index (χ4n) is 6.52. The van der Waals surface area contributed by atoms with E-state index >= 15 is 0 Å². The first-order valence-corrected chi connectivity index (χ1v) is 14.5. The molecule has 8 nitrogen and oxygen atoms in total. The van der Waals surface area contributed by atoms with Gasteiger partial charge in [-0.15, -0.1) is 0 Å². The molecule has 0 atom stereocenters. The summed E-state index contributed by atoms with van der Waals surface area (Å²) in [4.78, 5) is 53.8. The van der Waals surface area contributed by atoms with Gasteiger partial charge in [0, 0.05) is 7.05 Å². The maximum Gasteiger partial charge on any atom is 0.411 e. The SMILES string of the molecule is Cc1cc(C(c2ccc(O)c(N3C(=O)c4cc(C)c(-c5cc6c(cc5C)C(=O)N(C)C6=O)cc4C3=O)c2)(C(F)(F)F)C(F)(F)F)ccc1O. The smallest absolute Gasteiger partial charge is 0.411 e. The highest BCUT2D eigenvalue weighted by molar-refractivity contribution is 6.35. The Morgan fingerprint density at radius 3 is 1.39 bits per heavy atom. The van der Waals surface area contributed by atoms with Crippen LogP contribution in [0.4, 0.5) is 32.0 Å². The van der Waals surface area contributed by atoms with Crippen LogP contribution in [0, 0.1) is 20.8 Å². The molecule has 0 aliphatic carbocycles. The zero-order valence-corrected chi connectivity index (χ0v) is 26.0. The molecular weight excluding hydrogens is 658 g/mol. The Morgan fingerprint density at radius 1 is 0.510 bits per heavy atom. The van der Waals surface area contributed by atoms with E-state index in [1.54, 1.807) is 13.8 Å². The number of anilines is 1. The Hall–Kier alpha value is -5.66. The van der Waals surface area contributed by atoms with E-state index in [0.717, 1.165) is 11.8 Å². The van der Waals surface area contributed by atoms with Crippen molar-refractivity contribution in [3.8, 4) is 22.6 Å². The van der Waals surface area contributed by atoms with E-state index in [0.29, 0.717) is 63.6 Å². The van der Waals surface area contributed by atoms with Crippen molar-refractivity contribution >= 4 is 29.3 Å². The molecule has 6 rings (SSSR count). The van der Waals surface area contributed by atoms with E-state index < -0.39 is 69.7 Å². The van der Waals surface area contributed by atoms with Gasteiger partial charge in [0.05, 0.1) is 27.9 Å². The Kier molecular flexibility index (Phi) is 7.24. The lowest BCUT2D eigenvalue weighted by Crippen LogP contribution is -2.54. The van der Waals surface area contributed by atoms with Crippen molar-refractivity contribution in [1.29, 1.82) is 0 Å². The van der Waals surface area contributed by atoms with Crippen molar-refractivity contribution in [2.45, 2.75) is 38.5 Å². The van der Waals surface area contributed by atoms with Crippen LogP contribution in [0.3, 0.4) is 0 Å². The molecule has 0 radical (unpaired) electrons. The van der Waals surface area contributed by atoms with Gasteiger partial charge in [-0.05, 0) is 102 Å². The Bertz CT molecular complexity index is 2160. The average molecular weight is 683 g/mol. The van der Waals surface area contributed by atoms with Gasteiger partial charge in [0.15, 0.2) is 0 Å². The van der Waals surface area contributed by atoms with Crippen LogP contribution in [-0.2, 0) is 5.41 Å². The molecule has 0 unspecified atom stereocenters. The molecule has 2 heterocycles. The molecule has 0 saturated heterocycles. The second kappa shape index (κ2) is 10.7. The van der Waals surface area contributed by atoms with E-state index in [4.69, 9.17) is 0 Å². The largest absolute Gasteiger partial charge is 0.508 e. The molecule has 14 heteroatoms. The number of nitrogens with zero attached hydrogens (tertiary/aromatic N) is 2. The molecule has 0 saturated carbocycles. The fraction of sp³-hybridized carbons (Fsp3) is 0.200. The highest BCUT2D eigenvalue weighted by atomic mass is 19.4. The van der Waals surface area contributed by atoms with Crippen LogP contribution in [0.2, 0.25) is 0 Å². The van der Waals surface area contributed by atoms with Gasteiger partial charge in [-0.25, -0.2) is 4.90 Å². The molecule has 2 N–H and O–H groups in total. The van der Waals surface area contributed by atoms with Crippen LogP contribution >= 0.6 is 0 Å². The first-order chi connectivity index (χ1) is 22.7. The number of carbonyl (C=O) groups is 4. The number of aromatic hydroxyl groups is 2. The predicted molar refractivity (Wildman–Crippen MR) is 163 cm³/mol. The molecule has 2 aliphatic heterocycles. The van der Waals surface area contributed by atoms with E-state index in [1.807, 2.05) is 0 Å². The summed E-state index contributed by atoms with van der Waals surface area (Å²) in [5, 5.41) is 20.6. The van der Waals surface area contributed by atoms with Crippen LogP contribution in [0.1, 0.15) is 69.2 Å². The number of carbonyl (C=O) groups excluding carboxylic acids is 4. The van der Waals surface area contributed by atoms with Crippen LogP contribution in [0.5, 0.6) is 11.5 Å². The lowest BCUT2D eigenvalue weighted by molar-refractivity contribution is -0.288. The van der Waals surface area contributed by atoms with E-state index in [-0.39, 0.29) is 27.8 Å². The Morgan fingerprint density at radius 2 is 0.918 bits per heavy atom. The van der Waals surface area contributed by atoms with Crippen molar-refractivity contribution in [2.75, 3.05) is 11.9 Å². The molecule has 0 fully saturated rings. The minimum Gasteiger partial charge on any atom is -0.508 e. The maximum atomic E-state index is 14.9. The first-order valence-electron chi connectivity index (χ1n) is 14.5. The molecule has 252 valence electrons.